The van der Waals surface area contributed by atoms with Crippen molar-refractivity contribution >= 4 is 22.5 Å². The summed E-state index contributed by atoms with van der Waals surface area (Å²) in [6.07, 6.45) is 5.29. The van der Waals surface area contributed by atoms with Gasteiger partial charge in [-0.3, -0.25) is 9.36 Å². The number of nitrogens with zero attached hydrogens (tertiary/aromatic N) is 3. The maximum atomic E-state index is 12.5. The number of benzene rings is 2. The van der Waals surface area contributed by atoms with E-state index in [0.29, 0.717) is 11.5 Å². The van der Waals surface area contributed by atoms with Crippen molar-refractivity contribution in [2.75, 3.05) is 5.32 Å². The molecular formula is C19H14N4O. The van der Waals surface area contributed by atoms with Crippen molar-refractivity contribution in [3.8, 4) is 5.95 Å². The zero-order valence-electron chi connectivity index (χ0n) is 12.8. The standard InChI is InChI=1S/C19H14N4O/c24-18(15-6-2-1-3-7-15)22-16-9-4-8-14-10-13-23(17(14)16)19-20-11-5-12-21-19/h1-13H,(H,22,24). The van der Waals surface area contributed by atoms with Crippen LogP contribution in [-0.4, -0.2) is 20.4 Å². The van der Waals surface area contributed by atoms with E-state index >= 15 is 0 Å². The van der Waals surface area contributed by atoms with Gasteiger partial charge in [-0.05, 0) is 30.3 Å². The largest absolute Gasteiger partial charge is 0.320 e. The maximum absolute atomic E-state index is 12.5. The Kier molecular flexibility index (Phi) is 3.51. The van der Waals surface area contributed by atoms with Gasteiger partial charge in [0, 0.05) is 29.5 Å². The van der Waals surface area contributed by atoms with E-state index in [1.807, 2.05) is 53.2 Å². The highest BCUT2D eigenvalue weighted by atomic mass is 16.1. The number of carbonyl (C=O) groups is 1. The quantitative estimate of drug-likeness (QED) is 0.627. The molecule has 1 N–H and O–H groups in total. The van der Waals surface area contributed by atoms with Crippen LogP contribution < -0.4 is 5.32 Å². The average molecular weight is 314 g/mol. The molecule has 0 fully saturated rings. The van der Waals surface area contributed by atoms with Gasteiger partial charge in [0.25, 0.3) is 5.91 Å². The molecule has 0 aliphatic carbocycles. The van der Waals surface area contributed by atoms with E-state index in [-0.39, 0.29) is 5.91 Å². The molecule has 2 heterocycles. The number of hydrogen-bond donors (Lipinski definition) is 1. The number of fused-ring (bicyclic) bond motifs is 1. The van der Waals surface area contributed by atoms with Crippen molar-refractivity contribution in [2.45, 2.75) is 0 Å². The van der Waals surface area contributed by atoms with Crippen molar-refractivity contribution < 1.29 is 4.79 Å². The zero-order chi connectivity index (χ0) is 16.4. The third-order valence-electron chi connectivity index (χ3n) is 3.76. The number of anilines is 1. The summed E-state index contributed by atoms with van der Waals surface area (Å²) in [5.74, 6) is 0.416. The van der Waals surface area contributed by atoms with Crippen LogP contribution >= 0.6 is 0 Å². The lowest BCUT2D eigenvalue weighted by molar-refractivity contribution is 0.102. The number of aromatic nitrogens is 3. The van der Waals surface area contributed by atoms with Crippen LogP contribution in [0.3, 0.4) is 0 Å². The van der Waals surface area contributed by atoms with Crippen molar-refractivity contribution in [3.05, 3.63) is 84.8 Å². The molecule has 1 amide bonds. The second kappa shape index (κ2) is 5.96. The summed E-state index contributed by atoms with van der Waals surface area (Å²) in [5.41, 5.74) is 2.20. The Labute approximate surface area is 138 Å². The molecule has 4 aromatic rings. The molecule has 2 aromatic heterocycles. The number of hydrogen-bond acceptors (Lipinski definition) is 3. The number of para-hydroxylation sites is 1. The second-order valence-electron chi connectivity index (χ2n) is 5.30. The normalized spacial score (nSPS) is 10.7. The van der Waals surface area contributed by atoms with Crippen LogP contribution in [0.2, 0.25) is 0 Å². The second-order valence-corrected chi connectivity index (χ2v) is 5.30. The van der Waals surface area contributed by atoms with Crippen LogP contribution in [0.1, 0.15) is 10.4 Å². The average Bonchev–Trinajstić information content (AvgIpc) is 3.08. The fourth-order valence-corrected chi connectivity index (χ4v) is 2.66. The van der Waals surface area contributed by atoms with Gasteiger partial charge in [-0.1, -0.05) is 30.3 Å². The molecular weight excluding hydrogens is 300 g/mol. The lowest BCUT2D eigenvalue weighted by Gasteiger charge is -2.10. The molecule has 4 rings (SSSR count). The van der Waals surface area contributed by atoms with Crippen molar-refractivity contribution in [3.63, 3.8) is 0 Å². The predicted molar refractivity (Wildman–Crippen MR) is 93.3 cm³/mol. The van der Waals surface area contributed by atoms with E-state index < -0.39 is 0 Å². The van der Waals surface area contributed by atoms with Gasteiger partial charge in [0.05, 0.1) is 11.2 Å². The fourth-order valence-electron chi connectivity index (χ4n) is 2.66. The number of rotatable bonds is 3. The first kappa shape index (κ1) is 14.1. The minimum Gasteiger partial charge on any atom is -0.320 e. The number of carbonyl (C=O) groups excluding carboxylic acids is 1. The Morgan fingerprint density at radius 1 is 0.875 bits per heavy atom. The van der Waals surface area contributed by atoms with Gasteiger partial charge >= 0.3 is 0 Å². The molecule has 0 unspecified atom stereocenters. The van der Waals surface area contributed by atoms with E-state index in [1.165, 1.54) is 0 Å². The van der Waals surface area contributed by atoms with E-state index in [2.05, 4.69) is 15.3 Å². The first-order valence-corrected chi connectivity index (χ1v) is 7.57. The van der Waals surface area contributed by atoms with E-state index in [4.69, 9.17) is 0 Å². The Morgan fingerprint density at radius 2 is 1.67 bits per heavy atom. The van der Waals surface area contributed by atoms with E-state index in [9.17, 15) is 4.79 Å². The van der Waals surface area contributed by atoms with Crippen molar-refractivity contribution in [1.82, 2.24) is 14.5 Å². The van der Waals surface area contributed by atoms with Gasteiger partial charge in [-0.15, -0.1) is 0 Å². The van der Waals surface area contributed by atoms with Crippen LogP contribution in [0.15, 0.2) is 79.3 Å². The summed E-state index contributed by atoms with van der Waals surface area (Å²) in [5, 5.41) is 3.99. The summed E-state index contributed by atoms with van der Waals surface area (Å²) >= 11 is 0. The molecule has 5 nitrogen and oxygen atoms in total. The maximum Gasteiger partial charge on any atom is 0.255 e. The molecule has 0 atom stereocenters. The first-order valence-electron chi connectivity index (χ1n) is 7.57. The molecule has 0 saturated heterocycles. The van der Waals surface area contributed by atoms with Gasteiger partial charge in [0.2, 0.25) is 5.95 Å². The first-order chi connectivity index (χ1) is 11.8. The van der Waals surface area contributed by atoms with Crippen molar-refractivity contribution in [1.29, 1.82) is 0 Å². The summed E-state index contributed by atoms with van der Waals surface area (Å²) < 4.78 is 1.87. The van der Waals surface area contributed by atoms with Gasteiger partial charge in [0.15, 0.2) is 0 Å². The van der Waals surface area contributed by atoms with Gasteiger partial charge in [0.1, 0.15) is 0 Å². The topological polar surface area (TPSA) is 59.8 Å². The lowest BCUT2D eigenvalue weighted by atomic mass is 10.2. The molecule has 0 bridgehead atoms. The van der Waals surface area contributed by atoms with Crippen LogP contribution in [-0.2, 0) is 0 Å². The monoisotopic (exact) mass is 314 g/mol. The molecule has 0 radical (unpaired) electrons. The predicted octanol–water partition coefficient (Wildman–Crippen LogP) is 3.67. The third kappa shape index (κ3) is 2.52. The molecule has 0 saturated carbocycles. The summed E-state index contributed by atoms with van der Waals surface area (Å²) in [7, 11) is 0. The van der Waals surface area contributed by atoms with E-state index in [1.54, 1.807) is 30.6 Å². The highest BCUT2D eigenvalue weighted by molar-refractivity contribution is 6.08. The Morgan fingerprint density at radius 3 is 2.46 bits per heavy atom. The van der Waals surface area contributed by atoms with E-state index in [0.717, 1.165) is 16.6 Å². The molecule has 0 aliphatic rings. The lowest BCUT2D eigenvalue weighted by Crippen LogP contribution is -2.12. The van der Waals surface area contributed by atoms with Crippen molar-refractivity contribution in [2.24, 2.45) is 0 Å². The van der Waals surface area contributed by atoms with Crippen LogP contribution in [0.5, 0.6) is 0 Å². The Balaban J connectivity index is 1.79. The highest BCUT2D eigenvalue weighted by Gasteiger charge is 2.12. The van der Waals surface area contributed by atoms with Crippen LogP contribution in [0.25, 0.3) is 16.9 Å². The number of nitrogens with one attached hydrogen (secondary N) is 1. The molecule has 2 aromatic carbocycles. The van der Waals surface area contributed by atoms with Gasteiger partial charge in [-0.2, -0.15) is 0 Å². The molecule has 24 heavy (non-hydrogen) atoms. The zero-order valence-corrected chi connectivity index (χ0v) is 12.8. The van der Waals surface area contributed by atoms with Crippen LogP contribution in [0, 0.1) is 0 Å². The minimum absolute atomic E-state index is 0.148. The fraction of sp³-hybridized carbons (Fsp3) is 0. The van der Waals surface area contributed by atoms with Gasteiger partial charge < -0.3 is 5.32 Å². The van der Waals surface area contributed by atoms with Gasteiger partial charge in [-0.25, -0.2) is 9.97 Å². The van der Waals surface area contributed by atoms with Crippen LogP contribution in [0.4, 0.5) is 5.69 Å². The Bertz CT molecular complexity index is 994. The molecule has 5 heteroatoms. The summed E-state index contributed by atoms with van der Waals surface area (Å²) in [4.78, 5) is 21.1. The molecule has 0 aliphatic heterocycles. The smallest absolute Gasteiger partial charge is 0.255 e. The molecule has 0 spiro atoms. The Hall–Kier alpha value is -3.47. The minimum atomic E-state index is -0.148. The third-order valence-corrected chi connectivity index (χ3v) is 3.76. The summed E-state index contributed by atoms with van der Waals surface area (Å²) in [6, 6.07) is 18.7. The molecule has 116 valence electrons. The SMILES string of the molecule is O=C(Nc1cccc2ccn(-c3ncccn3)c12)c1ccccc1. The number of amides is 1. The summed E-state index contributed by atoms with van der Waals surface area (Å²) in [6.45, 7) is 0. The highest BCUT2D eigenvalue weighted by Crippen LogP contribution is 2.26.